The maximum Gasteiger partial charge on any atom is 0.261 e. The van der Waals surface area contributed by atoms with Crippen molar-refractivity contribution in [3.63, 3.8) is 0 Å². The number of H-pyrrole nitrogens is 1. The SMILES string of the molecule is CC1(C)CC(=O)c2cc(C(=O)NCc3ccc(S(=O)(=O)NC4CC4)cc3)c(=O)[nH]c2C1. The zero-order valence-electron chi connectivity index (χ0n) is 17.4. The fraction of sp³-hybridized carbons (Fsp3) is 0.409. The molecule has 3 N–H and O–H groups in total. The Morgan fingerprint density at radius 3 is 2.45 bits per heavy atom. The first-order chi connectivity index (χ1) is 14.5. The number of aromatic nitrogens is 1. The zero-order chi connectivity index (χ0) is 22.4. The Morgan fingerprint density at radius 1 is 1.13 bits per heavy atom. The largest absolute Gasteiger partial charge is 0.348 e. The van der Waals surface area contributed by atoms with Gasteiger partial charge in [0.15, 0.2) is 5.78 Å². The fourth-order valence-electron chi connectivity index (χ4n) is 3.75. The second-order valence-corrected chi connectivity index (χ2v) is 10.8. The van der Waals surface area contributed by atoms with Crippen LogP contribution in [0.4, 0.5) is 0 Å². The van der Waals surface area contributed by atoms with Gasteiger partial charge in [0.05, 0.1) is 4.90 Å². The van der Waals surface area contributed by atoms with E-state index in [9.17, 15) is 22.8 Å². The van der Waals surface area contributed by atoms with Crippen molar-refractivity contribution in [3.8, 4) is 0 Å². The lowest BCUT2D eigenvalue weighted by molar-refractivity contribution is 0.0910. The number of amides is 1. The predicted molar refractivity (Wildman–Crippen MR) is 114 cm³/mol. The van der Waals surface area contributed by atoms with Gasteiger partial charge >= 0.3 is 0 Å². The van der Waals surface area contributed by atoms with Crippen molar-refractivity contribution in [2.45, 2.75) is 57.0 Å². The maximum atomic E-state index is 12.6. The smallest absolute Gasteiger partial charge is 0.261 e. The number of carbonyl (C=O) groups excluding carboxylic acids is 2. The molecule has 0 unspecified atom stereocenters. The highest BCUT2D eigenvalue weighted by Gasteiger charge is 2.32. The number of aromatic amines is 1. The third-order valence-corrected chi connectivity index (χ3v) is 7.08. The maximum absolute atomic E-state index is 12.6. The minimum atomic E-state index is -3.53. The van der Waals surface area contributed by atoms with Crippen molar-refractivity contribution in [2.24, 2.45) is 5.41 Å². The molecule has 2 aliphatic rings. The number of fused-ring (bicyclic) bond motifs is 1. The van der Waals surface area contributed by atoms with E-state index >= 15 is 0 Å². The number of Topliss-reactive ketones (excluding diaryl/α,β-unsaturated/α-hetero) is 1. The first-order valence-corrected chi connectivity index (χ1v) is 11.7. The van der Waals surface area contributed by atoms with E-state index in [-0.39, 0.29) is 34.2 Å². The van der Waals surface area contributed by atoms with Crippen LogP contribution in [0.25, 0.3) is 0 Å². The molecule has 2 aromatic rings. The number of rotatable bonds is 6. The number of ketones is 1. The third-order valence-electron chi connectivity index (χ3n) is 5.55. The molecule has 1 amide bonds. The summed E-state index contributed by atoms with van der Waals surface area (Å²) < 4.78 is 27.1. The number of benzene rings is 1. The molecule has 0 bridgehead atoms. The minimum absolute atomic E-state index is 0.0247. The van der Waals surface area contributed by atoms with E-state index in [2.05, 4.69) is 15.0 Å². The summed E-state index contributed by atoms with van der Waals surface area (Å²) in [6.07, 6.45) is 2.64. The van der Waals surface area contributed by atoms with E-state index in [0.717, 1.165) is 12.8 Å². The van der Waals surface area contributed by atoms with Crippen LogP contribution in [0.1, 0.15) is 65.1 Å². The van der Waals surface area contributed by atoms with Crippen LogP contribution in [0.2, 0.25) is 0 Å². The van der Waals surface area contributed by atoms with Gasteiger partial charge < -0.3 is 10.3 Å². The zero-order valence-corrected chi connectivity index (χ0v) is 18.3. The molecule has 1 heterocycles. The van der Waals surface area contributed by atoms with Gasteiger partial charge in [-0.2, -0.15) is 0 Å². The van der Waals surface area contributed by atoms with Gasteiger partial charge in [0, 0.05) is 30.3 Å². The number of pyridine rings is 1. The summed E-state index contributed by atoms with van der Waals surface area (Å²) in [5.74, 6) is -0.679. The molecule has 1 saturated carbocycles. The predicted octanol–water partition coefficient (Wildman–Crippen LogP) is 1.90. The van der Waals surface area contributed by atoms with Gasteiger partial charge in [0.1, 0.15) is 5.56 Å². The highest BCUT2D eigenvalue weighted by atomic mass is 32.2. The van der Waals surface area contributed by atoms with Crippen LogP contribution < -0.4 is 15.6 Å². The molecule has 9 heteroatoms. The van der Waals surface area contributed by atoms with Gasteiger partial charge in [-0.25, -0.2) is 13.1 Å². The molecule has 1 aromatic heterocycles. The second kappa shape index (κ2) is 7.72. The Morgan fingerprint density at radius 2 is 1.81 bits per heavy atom. The average Bonchev–Trinajstić information content (AvgIpc) is 3.48. The number of hydrogen-bond acceptors (Lipinski definition) is 5. The van der Waals surface area contributed by atoms with Crippen LogP contribution in [-0.4, -0.2) is 31.1 Å². The molecule has 164 valence electrons. The fourth-order valence-corrected chi connectivity index (χ4v) is 5.05. The molecule has 0 radical (unpaired) electrons. The highest BCUT2D eigenvalue weighted by Crippen LogP contribution is 2.33. The number of nitrogens with one attached hydrogen (secondary N) is 3. The van der Waals surface area contributed by atoms with Crippen molar-refractivity contribution in [3.05, 3.63) is 63.1 Å². The molecule has 2 aliphatic carbocycles. The number of hydrogen-bond donors (Lipinski definition) is 3. The van der Waals surface area contributed by atoms with Crippen LogP contribution in [0.15, 0.2) is 40.0 Å². The van der Waals surface area contributed by atoms with Crippen molar-refractivity contribution < 1.29 is 18.0 Å². The molecule has 0 aliphatic heterocycles. The van der Waals surface area contributed by atoms with Crippen molar-refractivity contribution in [1.82, 2.24) is 15.0 Å². The van der Waals surface area contributed by atoms with Gasteiger partial charge in [-0.3, -0.25) is 14.4 Å². The van der Waals surface area contributed by atoms with Crippen LogP contribution in [-0.2, 0) is 23.0 Å². The molecular formula is C22H25N3O5S. The lowest BCUT2D eigenvalue weighted by Crippen LogP contribution is -2.34. The monoisotopic (exact) mass is 443 g/mol. The van der Waals surface area contributed by atoms with E-state index in [1.54, 1.807) is 12.1 Å². The van der Waals surface area contributed by atoms with Gasteiger partial charge in [-0.05, 0) is 48.4 Å². The molecule has 31 heavy (non-hydrogen) atoms. The summed E-state index contributed by atoms with van der Waals surface area (Å²) in [6.45, 7) is 4.04. The summed E-state index contributed by atoms with van der Waals surface area (Å²) in [7, 11) is -3.53. The lowest BCUT2D eigenvalue weighted by Gasteiger charge is -2.29. The van der Waals surface area contributed by atoms with Crippen LogP contribution >= 0.6 is 0 Å². The Labute approximate surface area is 180 Å². The summed E-state index contributed by atoms with van der Waals surface area (Å²) in [5, 5.41) is 2.66. The first-order valence-electron chi connectivity index (χ1n) is 10.2. The van der Waals surface area contributed by atoms with Crippen LogP contribution in [0.5, 0.6) is 0 Å². The van der Waals surface area contributed by atoms with Crippen molar-refractivity contribution in [1.29, 1.82) is 0 Å². The van der Waals surface area contributed by atoms with Gasteiger partial charge in [0.2, 0.25) is 10.0 Å². The Kier molecular flexibility index (Phi) is 5.35. The molecule has 8 nitrogen and oxygen atoms in total. The van der Waals surface area contributed by atoms with E-state index in [4.69, 9.17) is 0 Å². The van der Waals surface area contributed by atoms with Gasteiger partial charge in [-0.1, -0.05) is 26.0 Å². The summed E-state index contributed by atoms with van der Waals surface area (Å²) >= 11 is 0. The van der Waals surface area contributed by atoms with E-state index in [1.165, 1.54) is 18.2 Å². The van der Waals surface area contributed by atoms with Gasteiger partial charge in [-0.15, -0.1) is 0 Å². The second-order valence-electron chi connectivity index (χ2n) is 9.07. The minimum Gasteiger partial charge on any atom is -0.348 e. The topological polar surface area (TPSA) is 125 Å². The molecule has 1 aromatic carbocycles. The Balaban J connectivity index is 1.45. The Bertz CT molecular complexity index is 1210. The normalized spacial score (nSPS) is 17.8. The highest BCUT2D eigenvalue weighted by molar-refractivity contribution is 7.89. The quantitative estimate of drug-likeness (QED) is 0.629. The van der Waals surface area contributed by atoms with Crippen LogP contribution in [0, 0.1) is 5.41 Å². The van der Waals surface area contributed by atoms with E-state index < -0.39 is 21.5 Å². The van der Waals surface area contributed by atoms with E-state index in [1.807, 2.05) is 13.8 Å². The molecule has 4 rings (SSSR count). The van der Waals surface area contributed by atoms with Gasteiger partial charge in [0.25, 0.3) is 11.5 Å². The summed E-state index contributed by atoms with van der Waals surface area (Å²) in [4.78, 5) is 40.3. The molecule has 0 spiro atoms. The molecule has 0 atom stereocenters. The van der Waals surface area contributed by atoms with Crippen molar-refractivity contribution in [2.75, 3.05) is 0 Å². The van der Waals surface area contributed by atoms with Crippen molar-refractivity contribution >= 4 is 21.7 Å². The molecule has 0 saturated heterocycles. The molecular weight excluding hydrogens is 418 g/mol. The third kappa shape index (κ3) is 4.77. The van der Waals surface area contributed by atoms with Crippen LogP contribution in [0.3, 0.4) is 0 Å². The first kappa shape index (κ1) is 21.5. The standard InChI is InChI=1S/C22H25N3O5S/c1-22(2)10-18-16(19(26)11-22)9-17(21(28)24-18)20(27)23-12-13-3-7-15(8-4-13)31(29,30)25-14-5-6-14/h3-4,7-9,14,25H,5-6,10-12H2,1-2H3,(H,23,27)(H,24,28). The molecule has 1 fully saturated rings. The number of sulfonamides is 1. The number of carbonyl (C=O) groups is 2. The lowest BCUT2D eigenvalue weighted by atomic mass is 9.75. The Hall–Kier alpha value is -2.78. The summed E-state index contributed by atoms with van der Waals surface area (Å²) in [6, 6.07) is 7.60. The summed E-state index contributed by atoms with van der Waals surface area (Å²) in [5.41, 5.74) is 0.770. The van der Waals surface area contributed by atoms with E-state index in [0.29, 0.717) is 29.7 Å². The average molecular weight is 444 g/mol.